The van der Waals surface area contributed by atoms with Crippen molar-refractivity contribution in [2.24, 2.45) is 10.7 Å². The Morgan fingerprint density at radius 3 is 2.77 bits per heavy atom. The molecule has 10 nitrogen and oxygen atoms in total. The minimum absolute atomic E-state index is 0.00135. The second-order valence-corrected chi connectivity index (χ2v) is 8.40. The molecule has 1 atom stereocenters. The largest absolute Gasteiger partial charge is 0.390 e. The van der Waals surface area contributed by atoms with E-state index in [1.54, 1.807) is 23.1 Å². The van der Waals surface area contributed by atoms with E-state index in [9.17, 15) is 9.59 Å². The Kier molecular flexibility index (Phi) is 5.87. The first-order valence-corrected chi connectivity index (χ1v) is 11.3. The van der Waals surface area contributed by atoms with Crippen LogP contribution in [-0.2, 0) is 0 Å². The SMILES string of the molecule is N=C(c1c(N=CN)nc[nH]c1=O)N1CCC[C@H]1c1nc2cccc(Cl)c2c(=O)n1-c1ccccc1. The molecule has 1 aliphatic rings. The van der Waals surface area contributed by atoms with Crippen molar-refractivity contribution in [2.45, 2.75) is 18.9 Å². The summed E-state index contributed by atoms with van der Waals surface area (Å²) in [6.07, 6.45) is 3.60. The molecular weight excluding hydrogens is 468 g/mol. The van der Waals surface area contributed by atoms with Crippen LogP contribution in [0.25, 0.3) is 16.6 Å². The van der Waals surface area contributed by atoms with Gasteiger partial charge in [0, 0.05) is 6.54 Å². The van der Waals surface area contributed by atoms with Crippen LogP contribution in [0, 0.1) is 5.41 Å². The summed E-state index contributed by atoms with van der Waals surface area (Å²) in [5.41, 5.74) is 5.73. The van der Waals surface area contributed by atoms with E-state index in [-0.39, 0.29) is 22.8 Å². The van der Waals surface area contributed by atoms with Crippen LogP contribution in [0.3, 0.4) is 0 Å². The number of nitrogens with zero attached hydrogens (tertiary/aromatic N) is 5. The van der Waals surface area contributed by atoms with Crippen molar-refractivity contribution in [2.75, 3.05) is 6.54 Å². The Hall–Kier alpha value is -4.31. The lowest BCUT2D eigenvalue weighted by atomic mass is 10.1. The summed E-state index contributed by atoms with van der Waals surface area (Å²) in [7, 11) is 0. The van der Waals surface area contributed by atoms with Gasteiger partial charge in [-0.15, -0.1) is 0 Å². The van der Waals surface area contributed by atoms with Gasteiger partial charge in [0.25, 0.3) is 11.1 Å². The van der Waals surface area contributed by atoms with Crippen molar-refractivity contribution in [3.05, 3.63) is 92.0 Å². The minimum atomic E-state index is -0.505. The van der Waals surface area contributed by atoms with Crippen molar-refractivity contribution in [3.8, 4) is 5.69 Å². The number of aliphatic imine (C=N–C) groups is 1. The van der Waals surface area contributed by atoms with Gasteiger partial charge in [-0.25, -0.2) is 15.0 Å². The zero-order chi connectivity index (χ0) is 24.5. The third kappa shape index (κ3) is 3.87. The maximum atomic E-state index is 13.7. The molecule has 2 aromatic carbocycles. The maximum absolute atomic E-state index is 13.7. The number of rotatable bonds is 4. The summed E-state index contributed by atoms with van der Waals surface area (Å²) in [5.74, 6) is 0.440. The Labute approximate surface area is 204 Å². The first-order valence-electron chi connectivity index (χ1n) is 11.0. The highest BCUT2D eigenvalue weighted by atomic mass is 35.5. The summed E-state index contributed by atoms with van der Waals surface area (Å²) in [4.78, 5) is 43.5. The standard InChI is InChI=1S/C24H21ClN8O2/c25-15-8-4-9-16-18(15)24(35)33(14-6-2-1-3-7-14)22(31-16)17-10-5-11-32(17)20(27)19-21(28-12-26)29-13-30-23(19)34/h1-4,6-9,12-13,17,27H,5,10-11H2,(H3,26,28,29,30,34)/t17-/m0/s1. The Balaban J connectivity index is 1.72. The van der Waals surface area contributed by atoms with E-state index in [2.05, 4.69) is 15.0 Å². The normalized spacial score (nSPS) is 15.8. The summed E-state index contributed by atoms with van der Waals surface area (Å²) in [6, 6.07) is 13.9. The Morgan fingerprint density at radius 2 is 2.00 bits per heavy atom. The molecule has 0 spiro atoms. The first kappa shape index (κ1) is 22.5. The fraction of sp³-hybridized carbons (Fsp3) is 0.167. The number of benzene rings is 2. The predicted octanol–water partition coefficient (Wildman–Crippen LogP) is 2.90. The molecule has 1 saturated heterocycles. The fourth-order valence-corrected chi connectivity index (χ4v) is 4.73. The molecule has 0 saturated carbocycles. The molecule has 4 N–H and O–H groups in total. The number of H-pyrrole nitrogens is 1. The number of nitrogens with one attached hydrogen (secondary N) is 2. The van der Waals surface area contributed by atoms with Crippen LogP contribution in [0.1, 0.15) is 30.3 Å². The molecule has 0 unspecified atom stereocenters. The van der Waals surface area contributed by atoms with E-state index in [1.165, 1.54) is 10.9 Å². The van der Waals surface area contributed by atoms with Crippen LogP contribution in [0.5, 0.6) is 0 Å². The smallest absolute Gasteiger partial charge is 0.267 e. The summed E-state index contributed by atoms with van der Waals surface area (Å²) < 4.78 is 1.54. The highest BCUT2D eigenvalue weighted by molar-refractivity contribution is 6.35. The summed E-state index contributed by atoms with van der Waals surface area (Å²) in [5, 5.41) is 9.55. The summed E-state index contributed by atoms with van der Waals surface area (Å²) >= 11 is 6.39. The van der Waals surface area contributed by atoms with E-state index < -0.39 is 11.6 Å². The molecule has 0 bridgehead atoms. The minimum Gasteiger partial charge on any atom is -0.390 e. The lowest BCUT2D eigenvalue weighted by Gasteiger charge is -2.28. The molecule has 0 amide bonds. The van der Waals surface area contributed by atoms with Crippen molar-refractivity contribution in [1.29, 1.82) is 5.41 Å². The van der Waals surface area contributed by atoms with Gasteiger partial charge in [-0.1, -0.05) is 35.9 Å². The van der Waals surface area contributed by atoms with Crippen LogP contribution >= 0.6 is 11.6 Å². The van der Waals surface area contributed by atoms with Gasteiger partial charge in [0.05, 0.1) is 40.3 Å². The zero-order valence-corrected chi connectivity index (χ0v) is 19.2. The quantitative estimate of drug-likeness (QED) is 0.297. The fourth-order valence-electron chi connectivity index (χ4n) is 4.48. The Morgan fingerprint density at radius 1 is 1.20 bits per heavy atom. The Bertz CT molecular complexity index is 1580. The van der Waals surface area contributed by atoms with Crippen LogP contribution in [0.4, 0.5) is 5.82 Å². The van der Waals surface area contributed by atoms with Crippen molar-refractivity contribution < 1.29 is 0 Å². The van der Waals surface area contributed by atoms with Crippen molar-refractivity contribution >= 4 is 40.5 Å². The number of para-hydroxylation sites is 1. The van der Waals surface area contributed by atoms with Crippen LogP contribution in [-0.4, -0.2) is 43.1 Å². The lowest BCUT2D eigenvalue weighted by Crippen LogP contribution is -2.37. The van der Waals surface area contributed by atoms with E-state index in [0.29, 0.717) is 40.4 Å². The number of amidine groups is 1. The average molecular weight is 489 g/mol. The van der Waals surface area contributed by atoms with E-state index >= 15 is 0 Å². The molecule has 176 valence electrons. The number of halogens is 1. The highest BCUT2D eigenvalue weighted by Gasteiger charge is 2.35. The monoisotopic (exact) mass is 488 g/mol. The average Bonchev–Trinajstić information content (AvgIpc) is 3.34. The van der Waals surface area contributed by atoms with Gasteiger partial charge < -0.3 is 15.6 Å². The molecular formula is C24H21ClN8O2. The lowest BCUT2D eigenvalue weighted by molar-refractivity contribution is 0.376. The van der Waals surface area contributed by atoms with Gasteiger partial charge in [-0.2, -0.15) is 0 Å². The number of aromatic amines is 1. The molecule has 3 heterocycles. The molecule has 1 aliphatic heterocycles. The maximum Gasteiger partial charge on any atom is 0.267 e. The van der Waals surface area contributed by atoms with Crippen LogP contribution in [0.15, 0.2) is 69.4 Å². The van der Waals surface area contributed by atoms with E-state index in [4.69, 9.17) is 27.7 Å². The van der Waals surface area contributed by atoms with Crippen LogP contribution < -0.4 is 16.9 Å². The zero-order valence-electron chi connectivity index (χ0n) is 18.5. The molecule has 11 heteroatoms. The highest BCUT2D eigenvalue weighted by Crippen LogP contribution is 2.34. The van der Waals surface area contributed by atoms with Gasteiger partial charge >= 0.3 is 0 Å². The number of hydrogen-bond acceptors (Lipinski definition) is 6. The summed E-state index contributed by atoms with van der Waals surface area (Å²) in [6.45, 7) is 0.488. The van der Waals surface area contributed by atoms with Crippen molar-refractivity contribution in [3.63, 3.8) is 0 Å². The molecule has 2 aromatic heterocycles. The molecule has 0 radical (unpaired) electrons. The second-order valence-electron chi connectivity index (χ2n) is 7.99. The van der Waals surface area contributed by atoms with E-state index in [0.717, 1.165) is 12.8 Å². The third-order valence-corrected chi connectivity index (χ3v) is 6.31. The number of nitrogens with two attached hydrogens (primary N) is 1. The van der Waals surface area contributed by atoms with Gasteiger partial charge in [0.15, 0.2) is 5.82 Å². The van der Waals surface area contributed by atoms with Crippen molar-refractivity contribution in [1.82, 2.24) is 24.4 Å². The molecule has 1 fully saturated rings. The third-order valence-electron chi connectivity index (χ3n) is 5.99. The second kappa shape index (κ2) is 9.15. The number of fused-ring (bicyclic) bond motifs is 1. The number of aromatic nitrogens is 4. The van der Waals surface area contributed by atoms with Gasteiger partial charge in [-0.05, 0) is 37.1 Å². The van der Waals surface area contributed by atoms with Gasteiger partial charge in [0.2, 0.25) is 0 Å². The first-order chi connectivity index (χ1) is 17.0. The number of hydrogen-bond donors (Lipinski definition) is 3. The van der Waals surface area contributed by atoms with E-state index in [1.807, 2.05) is 30.3 Å². The molecule has 4 aromatic rings. The topological polar surface area (TPSA) is 146 Å². The van der Waals surface area contributed by atoms with Gasteiger partial charge in [-0.3, -0.25) is 19.6 Å². The van der Waals surface area contributed by atoms with Gasteiger partial charge in [0.1, 0.15) is 17.2 Å². The molecule has 0 aliphatic carbocycles. The predicted molar refractivity (Wildman–Crippen MR) is 135 cm³/mol. The number of likely N-dealkylation sites (tertiary alicyclic amines) is 1. The van der Waals surface area contributed by atoms with Crippen LogP contribution in [0.2, 0.25) is 5.02 Å². The molecule has 35 heavy (non-hydrogen) atoms. The molecule has 5 rings (SSSR count).